The van der Waals surface area contributed by atoms with Gasteiger partial charge in [0.15, 0.2) is 11.5 Å². The molecular weight excluding hydrogens is 435 g/mol. The Hall–Kier alpha value is -4.13. The van der Waals surface area contributed by atoms with Crippen molar-refractivity contribution in [2.45, 2.75) is 19.9 Å². The van der Waals surface area contributed by atoms with Gasteiger partial charge in [-0.25, -0.2) is 4.39 Å². The summed E-state index contributed by atoms with van der Waals surface area (Å²) in [6.45, 7) is 4.31. The summed E-state index contributed by atoms with van der Waals surface area (Å²) in [4.78, 5) is 24.6. The number of halogens is 1. The first-order valence-electron chi connectivity index (χ1n) is 10.9. The molecule has 0 bridgehead atoms. The Labute approximate surface area is 198 Å². The molecule has 0 aromatic heterocycles. The lowest BCUT2D eigenvalue weighted by molar-refractivity contribution is -0.117. The molecule has 0 heterocycles. The van der Waals surface area contributed by atoms with Gasteiger partial charge in [0.25, 0.3) is 5.91 Å². The van der Waals surface area contributed by atoms with E-state index < -0.39 is 5.82 Å². The molecule has 3 aromatic carbocycles. The molecule has 6 nitrogen and oxygen atoms in total. The van der Waals surface area contributed by atoms with Crippen molar-refractivity contribution in [3.63, 3.8) is 0 Å². The number of carbonyl (C=O) groups is 2. The highest BCUT2D eigenvalue weighted by atomic mass is 19.1. The highest BCUT2D eigenvalue weighted by Crippen LogP contribution is 2.28. The molecule has 176 valence electrons. The zero-order valence-corrected chi connectivity index (χ0v) is 19.3. The number of hydrogen-bond acceptors (Lipinski definition) is 4. The summed E-state index contributed by atoms with van der Waals surface area (Å²) in [6, 6.07) is 17.7. The maximum atomic E-state index is 13.0. The molecule has 0 aliphatic rings. The quantitative estimate of drug-likeness (QED) is 0.419. The molecule has 1 unspecified atom stereocenters. The molecular formula is C27H27FN2O4. The van der Waals surface area contributed by atoms with Crippen molar-refractivity contribution in [1.29, 1.82) is 0 Å². The lowest BCUT2D eigenvalue weighted by atomic mass is 10.1. The third-order valence-corrected chi connectivity index (χ3v) is 5.05. The Morgan fingerprint density at radius 3 is 2.35 bits per heavy atom. The van der Waals surface area contributed by atoms with Crippen LogP contribution in [-0.2, 0) is 4.79 Å². The van der Waals surface area contributed by atoms with E-state index in [2.05, 4.69) is 10.6 Å². The van der Waals surface area contributed by atoms with Crippen LogP contribution in [0.4, 0.5) is 10.1 Å². The van der Waals surface area contributed by atoms with Gasteiger partial charge in [-0.3, -0.25) is 9.59 Å². The van der Waals surface area contributed by atoms with Crippen molar-refractivity contribution in [1.82, 2.24) is 5.32 Å². The van der Waals surface area contributed by atoms with Crippen molar-refractivity contribution < 1.29 is 23.5 Å². The van der Waals surface area contributed by atoms with E-state index >= 15 is 0 Å². The zero-order valence-electron chi connectivity index (χ0n) is 19.3. The Bertz CT molecular complexity index is 1160. The van der Waals surface area contributed by atoms with E-state index in [1.807, 2.05) is 32.0 Å². The third-order valence-electron chi connectivity index (χ3n) is 5.05. The molecule has 0 spiro atoms. The topological polar surface area (TPSA) is 76.7 Å². The molecule has 0 saturated carbocycles. The maximum absolute atomic E-state index is 13.0. The lowest BCUT2D eigenvalue weighted by Crippen LogP contribution is -2.24. The Balaban J connectivity index is 1.56. The lowest BCUT2D eigenvalue weighted by Gasteiger charge is -2.14. The molecule has 0 fully saturated rings. The van der Waals surface area contributed by atoms with Gasteiger partial charge in [-0.1, -0.05) is 18.2 Å². The van der Waals surface area contributed by atoms with Crippen molar-refractivity contribution >= 4 is 23.6 Å². The minimum absolute atomic E-state index is 0.242. The number of ether oxygens (including phenoxy) is 2. The van der Waals surface area contributed by atoms with E-state index in [9.17, 15) is 14.0 Å². The number of nitrogens with one attached hydrogen (secondary N) is 2. The van der Waals surface area contributed by atoms with E-state index in [4.69, 9.17) is 9.47 Å². The highest BCUT2D eigenvalue weighted by molar-refractivity contribution is 6.04. The second kappa shape index (κ2) is 11.7. The minimum atomic E-state index is -0.397. The van der Waals surface area contributed by atoms with E-state index in [0.29, 0.717) is 29.4 Å². The maximum Gasteiger partial charge on any atom is 0.255 e. The average Bonchev–Trinajstić information content (AvgIpc) is 2.84. The van der Waals surface area contributed by atoms with Gasteiger partial charge >= 0.3 is 0 Å². The fourth-order valence-electron chi connectivity index (χ4n) is 3.24. The highest BCUT2D eigenvalue weighted by Gasteiger charge is 2.10. The van der Waals surface area contributed by atoms with Gasteiger partial charge in [0.2, 0.25) is 5.91 Å². The SMILES string of the molecule is CCOc1ccc(C=CC(=O)NC(C)c2ccc(NC(=O)c3ccc(F)cc3)cc2)cc1OC. The van der Waals surface area contributed by atoms with Crippen LogP contribution in [0.5, 0.6) is 11.5 Å². The third kappa shape index (κ3) is 6.68. The molecule has 34 heavy (non-hydrogen) atoms. The average molecular weight is 463 g/mol. The fraction of sp³-hybridized carbons (Fsp3) is 0.185. The standard InChI is InChI=1S/C27H27FN2O4/c1-4-34-24-15-5-19(17-25(24)33-3)6-16-26(31)29-18(2)20-9-13-23(14-10-20)30-27(32)21-7-11-22(28)12-8-21/h5-18H,4H2,1-3H3,(H,29,31)(H,30,32). The summed E-state index contributed by atoms with van der Waals surface area (Å²) < 4.78 is 23.8. The number of anilines is 1. The molecule has 0 aliphatic carbocycles. The van der Waals surface area contributed by atoms with Gasteiger partial charge in [0.1, 0.15) is 5.82 Å². The van der Waals surface area contributed by atoms with E-state index in [1.54, 1.807) is 37.5 Å². The van der Waals surface area contributed by atoms with Crippen LogP contribution in [0.15, 0.2) is 72.8 Å². The van der Waals surface area contributed by atoms with Crippen LogP contribution in [-0.4, -0.2) is 25.5 Å². The zero-order chi connectivity index (χ0) is 24.5. The smallest absolute Gasteiger partial charge is 0.255 e. The molecule has 0 saturated heterocycles. The predicted molar refractivity (Wildman–Crippen MR) is 131 cm³/mol. The Morgan fingerprint density at radius 2 is 1.71 bits per heavy atom. The first-order chi connectivity index (χ1) is 16.4. The van der Waals surface area contributed by atoms with Gasteiger partial charge in [0, 0.05) is 17.3 Å². The van der Waals surface area contributed by atoms with Gasteiger partial charge in [-0.15, -0.1) is 0 Å². The monoisotopic (exact) mass is 462 g/mol. The summed E-state index contributed by atoms with van der Waals surface area (Å²) >= 11 is 0. The van der Waals surface area contributed by atoms with Gasteiger partial charge in [-0.05, 0) is 79.6 Å². The van der Waals surface area contributed by atoms with Crippen LogP contribution in [0.25, 0.3) is 6.08 Å². The minimum Gasteiger partial charge on any atom is -0.493 e. The Morgan fingerprint density at radius 1 is 1.00 bits per heavy atom. The van der Waals surface area contributed by atoms with Crippen LogP contribution in [0, 0.1) is 5.82 Å². The van der Waals surface area contributed by atoms with E-state index in [0.717, 1.165) is 11.1 Å². The summed E-state index contributed by atoms with van der Waals surface area (Å²) in [6.07, 6.45) is 3.16. The van der Waals surface area contributed by atoms with Crippen LogP contribution < -0.4 is 20.1 Å². The van der Waals surface area contributed by atoms with Gasteiger partial charge < -0.3 is 20.1 Å². The molecule has 3 aromatic rings. The first kappa shape index (κ1) is 24.5. The number of hydrogen-bond donors (Lipinski definition) is 2. The molecule has 2 amide bonds. The van der Waals surface area contributed by atoms with Crippen LogP contribution in [0.2, 0.25) is 0 Å². The van der Waals surface area contributed by atoms with E-state index in [1.165, 1.54) is 30.3 Å². The molecule has 1 atom stereocenters. The van der Waals surface area contributed by atoms with Gasteiger partial charge in [-0.2, -0.15) is 0 Å². The molecule has 3 rings (SSSR count). The predicted octanol–water partition coefficient (Wildman–Crippen LogP) is 5.38. The number of amides is 2. The number of rotatable bonds is 9. The molecule has 0 aliphatic heterocycles. The summed E-state index contributed by atoms with van der Waals surface area (Å²) in [5.74, 6) is 0.284. The summed E-state index contributed by atoms with van der Waals surface area (Å²) in [7, 11) is 1.57. The summed E-state index contributed by atoms with van der Waals surface area (Å²) in [5, 5.41) is 5.68. The normalized spacial score (nSPS) is 11.6. The number of methoxy groups -OCH3 is 1. The summed E-state index contributed by atoms with van der Waals surface area (Å²) in [5.41, 5.74) is 2.65. The second-order valence-corrected chi connectivity index (χ2v) is 7.49. The first-order valence-corrected chi connectivity index (χ1v) is 10.9. The second-order valence-electron chi connectivity index (χ2n) is 7.49. The molecule has 0 radical (unpaired) electrons. The fourth-order valence-corrected chi connectivity index (χ4v) is 3.24. The Kier molecular flexibility index (Phi) is 8.40. The molecule has 2 N–H and O–H groups in total. The van der Waals surface area contributed by atoms with Crippen molar-refractivity contribution in [2.75, 3.05) is 19.0 Å². The number of carbonyl (C=O) groups excluding carboxylic acids is 2. The van der Waals surface area contributed by atoms with Crippen LogP contribution in [0.1, 0.15) is 41.4 Å². The van der Waals surface area contributed by atoms with E-state index in [-0.39, 0.29) is 17.9 Å². The largest absolute Gasteiger partial charge is 0.493 e. The van der Waals surface area contributed by atoms with Crippen molar-refractivity contribution in [2.24, 2.45) is 0 Å². The van der Waals surface area contributed by atoms with Crippen molar-refractivity contribution in [3.8, 4) is 11.5 Å². The molecule has 7 heteroatoms. The van der Waals surface area contributed by atoms with Crippen molar-refractivity contribution in [3.05, 3.63) is 95.3 Å². The van der Waals surface area contributed by atoms with Crippen LogP contribution in [0.3, 0.4) is 0 Å². The van der Waals surface area contributed by atoms with Crippen LogP contribution >= 0.6 is 0 Å². The van der Waals surface area contributed by atoms with Gasteiger partial charge in [0.05, 0.1) is 19.8 Å². The number of benzene rings is 3.